The van der Waals surface area contributed by atoms with Crippen LogP contribution in [-0.2, 0) is 0 Å². The average molecular weight is 295 g/mol. The van der Waals surface area contributed by atoms with E-state index in [2.05, 4.69) is 48.3 Å². The van der Waals surface area contributed by atoms with Crippen molar-refractivity contribution in [2.24, 2.45) is 5.41 Å². The predicted molar refractivity (Wildman–Crippen MR) is 87.8 cm³/mol. The van der Waals surface area contributed by atoms with Crippen LogP contribution in [-0.4, -0.2) is 37.6 Å². The fourth-order valence-corrected chi connectivity index (χ4v) is 3.72. The third-order valence-electron chi connectivity index (χ3n) is 4.85. The minimum absolute atomic E-state index is 0. The van der Waals surface area contributed by atoms with Crippen LogP contribution in [0.1, 0.15) is 36.8 Å². The first-order valence-electron chi connectivity index (χ1n) is 7.64. The lowest BCUT2D eigenvalue weighted by molar-refractivity contribution is 0.207. The van der Waals surface area contributed by atoms with Gasteiger partial charge in [-0.25, -0.2) is 0 Å². The standard InChI is InChI=1S/C17H26N2.ClH/c1-14-4-3-5-15(10-14)16-6-9-19(11-16)13-17(2)7-8-18-12-17;/h3-5,10,16,18H,6-9,11-13H2,1-2H3;1H. The molecule has 0 spiro atoms. The molecule has 1 N–H and O–H groups in total. The maximum Gasteiger partial charge on any atom is 0.00510 e. The zero-order chi connectivity index (χ0) is 13.3. The minimum Gasteiger partial charge on any atom is -0.316 e. The van der Waals surface area contributed by atoms with Gasteiger partial charge < -0.3 is 10.2 Å². The first-order chi connectivity index (χ1) is 9.15. The lowest BCUT2D eigenvalue weighted by Gasteiger charge is -2.29. The largest absolute Gasteiger partial charge is 0.316 e. The number of nitrogens with one attached hydrogen (secondary N) is 1. The van der Waals surface area contributed by atoms with Crippen LogP contribution in [0.15, 0.2) is 24.3 Å². The van der Waals surface area contributed by atoms with Gasteiger partial charge in [0.1, 0.15) is 0 Å². The molecule has 0 aromatic heterocycles. The van der Waals surface area contributed by atoms with E-state index in [-0.39, 0.29) is 12.4 Å². The van der Waals surface area contributed by atoms with Gasteiger partial charge in [0.15, 0.2) is 0 Å². The molecule has 2 atom stereocenters. The highest BCUT2D eigenvalue weighted by Gasteiger charge is 2.33. The van der Waals surface area contributed by atoms with E-state index < -0.39 is 0 Å². The fraction of sp³-hybridized carbons (Fsp3) is 0.647. The van der Waals surface area contributed by atoms with Gasteiger partial charge in [-0.1, -0.05) is 36.8 Å². The lowest BCUT2D eigenvalue weighted by Crippen LogP contribution is -2.36. The second-order valence-corrected chi connectivity index (χ2v) is 6.87. The molecule has 2 fully saturated rings. The van der Waals surface area contributed by atoms with Crippen LogP contribution in [0.25, 0.3) is 0 Å². The van der Waals surface area contributed by atoms with E-state index in [1.807, 2.05) is 0 Å². The highest BCUT2D eigenvalue weighted by molar-refractivity contribution is 5.85. The van der Waals surface area contributed by atoms with E-state index in [1.165, 1.54) is 56.7 Å². The summed E-state index contributed by atoms with van der Waals surface area (Å²) >= 11 is 0. The number of hydrogen-bond donors (Lipinski definition) is 1. The Morgan fingerprint density at radius 3 is 2.95 bits per heavy atom. The molecule has 1 aromatic carbocycles. The molecule has 3 heteroatoms. The van der Waals surface area contributed by atoms with Gasteiger partial charge in [0.05, 0.1) is 0 Å². The second-order valence-electron chi connectivity index (χ2n) is 6.87. The Kier molecular flexibility index (Phi) is 5.11. The van der Waals surface area contributed by atoms with Crippen LogP contribution in [0.3, 0.4) is 0 Å². The van der Waals surface area contributed by atoms with E-state index in [9.17, 15) is 0 Å². The second kappa shape index (κ2) is 6.46. The van der Waals surface area contributed by atoms with Crippen LogP contribution >= 0.6 is 12.4 Å². The highest BCUT2D eigenvalue weighted by atomic mass is 35.5. The first-order valence-corrected chi connectivity index (χ1v) is 7.64. The summed E-state index contributed by atoms with van der Waals surface area (Å²) in [6, 6.07) is 9.07. The molecule has 0 amide bonds. The number of hydrogen-bond acceptors (Lipinski definition) is 2. The summed E-state index contributed by atoms with van der Waals surface area (Å²) in [6.45, 7) is 10.8. The van der Waals surface area contributed by atoms with Crippen molar-refractivity contribution in [3.8, 4) is 0 Å². The number of aryl methyl sites for hydroxylation is 1. The summed E-state index contributed by atoms with van der Waals surface area (Å²) in [5.41, 5.74) is 3.43. The molecule has 2 heterocycles. The minimum atomic E-state index is 0. The Morgan fingerprint density at radius 1 is 1.40 bits per heavy atom. The van der Waals surface area contributed by atoms with Crippen LogP contribution in [0.5, 0.6) is 0 Å². The third kappa shape index (κ3) is 3.55. The van der Waals surface area contributed by atoms with Crippen molar-refractivity contribution in [1.29, 1.82) is 0 Å². The molecule has 2 unspecified atom stereocenters. The van der Waals surface area contributed by atoms with Crippen molar-refractivity contribution in [2.45, 2.75) is 32.6 Å². The van der Waals surface area contributed by atoms with Gasteiger partial charge in [-0.2, -0.15) is 0 Å². The molecule has 112 valence electrons. The molecule has 2 aliphatic heterocycles. The molecule has 1 aromatic rings. The summed E-state index contributed by atoms with van der Waals surface area (Å²) < 4.78 is 0. The van der Waals surface area contributed by atoms with Crippen molar-refractivity contribution < 1.29 is 0 Å². The van der Waals surface area contributed by atoms with E-state index in [1.54, 1.807) is 0 Å². The molecule has 2 nitrogen and oxygen atoms in total. The number of nitrogens with zero attached hydrogens (tertiary/aromatic N) is 1. The van der Waals surface area contributed by atoms with Crippen molar-refractivity contribution in [3.05, 3.63) is 35.4 Å². The maximum absolute atomic E-state index is 3.51. The molecule has 0 bridgehead atoms. The summed E-state index contributed by atoms with van der Waals surface area (Å²) in [5, 5.41) is 3.51. The number of halogens is 1. The predicted octanol–water partition coefficient (Wildman–Crippen LogP) is 3.21. The van der Waals surface area contributed by atoms with Gasteiger partial charge in [-0.15, -0.1) is 12.4 Å². The van der Waals surface area contributed by atoms with Crippen LogP contribution < -0.4 is 5.32 Å². The fourth-order valence-electron chi connectivity index (χ4n) is 3.72. The van der Waals surface area contributed by atoms with Gasteiger partial charge in [0.2, 0.25) is 0 Å². The van der Waals surface area contributed by atoms with Gasteiger partial charge in [-0.3, -0.25) is 0 Å². The molecular weight excluding hydrogens is 268 g/mol. The zero-order valence-electron chi connectivity index (χ0n) is 12.7. The number of rotatable bonds is 3. The maximum atomic E-state index is 3.51. The molecule has 2 aliphatic rings. The average Bonchev–Trinajstić information content (AvgIpc) is 2.99. The van der Waals surface area contributed by atoms with Crippen LogP contribution in [0.2, 0.25) is 0 Å². The monoisotopic (exact) mass is 294 g/mol. The first kappa shape index (κ1) is 15.8. The summed E-state index contributed by atoms with van der Waals surface area (Å²) in [6.07, 6.45) is 2.66. The molecule has 2 saturated heterocycles. The molecule has 20 heavy (non-hydrogen) atoms. The SMILES string of the molecule is Cc1cccc(C2CCN(CC3(C)CCNC3)C2)c1.Cl. The molecule has 3 rings (SSSR count). The highest BCUT2D eigenvalue weighted by Crippen LogP contribution is 2.32. The van der Waals surface area contributed by atoms with Gasteiger partial charge in [-0.05, 0) is 49.8 Å². The quantitative estimate of drug-likeness (QED) is 0.921. The Labute approximate surface area is 129 Å². The van der Waals surface area contributed by atoms with Crippen molar-refractivity contribution >= 4 is 12.4 Å². The van der Waals surface area contributed by atoms with E-state index >= 15 is 0 Å². The number of benzene rings is 1. The van der Waals surface area contributed by atoms with Gasteiger partial charge in [0, 0.05) is 19.6 Å². The zero-order valence-corrected chi connectivity index (χ0v) is 13.5. The Morgan fingerprint density at radius 2 is 2.25 bits per heavy atom. The Hall–Kier alpha value is -0.570. The van der Waals surface area contributed by atoms with E-state index in [0.717, 1.165) is 5.92 Å². The molecule has 0 radical (unpaired) electrons. The Balaban J connectivity index is 0.00000147. The Bertz CT molecular complexity index is 440. The van der Waals surface area contributed by atoms with E-state index in [4.69, 9.17) is 0 Å². The van der Waals surface area contributed by atoms with Gasteiger partial charge >= 0.3 is 0 Å². The van der Waals surface area contributed by atoms with Crippen LogP contribution in [0, 0.1) is 12.3 Å². The molecule has 0 aliphatic carbocycles. The van der Waals surface area contributed by atoms with Crippen molar-refractivity contribution in [2.75, 3.05) is 32.7 Å². The lowest BCUT2D eigenvalue weighted by atomic mass is 9.89. The molecular formula is C17H27ClN2. The van der Waals surface area contributed by atoms with E-state index in [0.29, 0.717) is 5.41 Å². The third-order valence-corrected chi connectivity index (χ3v) is 4.85. The normalized spacial score (nSPS) is 30.4. The van der Waals surface area contributed by atoms with Crippen molar-refractivity contribution in [3.63, 3.8) is 0 Å². The summed E-state index contributed by atoms with van der Waals surface area (Å²) in [7, 11) is 0. The topological polar surface area (TPSA) is 15.3 Å². The molecule has 0 saturated carbocycles. The van der Waals surface area contributed by atoms with Gasteiger partial charge in [0.25, 0.3) is 0 Å². The van der Waals surface area contributed by atoms with Crippen molar-refractivity contribution in [1.82, 2.24) is 10.2 Å². The smallest absolute Gasteiger partial charge is 0.00510 e. The number of likely N-dealkylation sites (tertiary alicyclic amines) is 1. The summed E-state index contributed by atoms with van der Waals surface area (Å²) in [4.78, 5) is 2.68. The van der Waals surface area contributed by atoms with Crippen LogP contribution in [0.4, 0.5) is 0 Å². The summed E-state index contributed by atoms with van der Waals surface area (Å²) in [5.74, 6) is 0.748.